The molecular weight excluding hydrogens is 375 g/mol. The number of hydrogen-bond donors (Lipinski definition) is 0. The minimum Gasteiger partial charge on any atom is -0.453 e. The summed E-state index contributed by atoms with van der Waals surface area (Å²) in [5.41, 5.74) is 0.773. The fourth-order valence-electron chi connectivity index (χ4n) is 2.18. The topological polar surface area (TPSA) is 52.6 Å². The van der Waals surface area contributed by atoms with Crippen LogP contribution in [-0.4, -0.2) is 10.5 Å². The van der Waals surface area contributed by atoms with Crippen molar-refractivity contribution in [3.05, 3.63) is 83.9 Å². The zero-order chi connectivity index (χ0) is 18.5. The molecule has 0 spiro atoms. The molecule has 0 radical (unpaired) electrons. The van der Waals surface area contributed by atoms with E-state index in [0.717, 1.165) is 0 Å². The Kier molecular flexibility index (Phi) is 5.56. The van der Waals surface area contributed by atoms with Crippen LogP contribution >= 0.6 is 23.2 Å². The maximum atomic E-state index is 11.1. The van der Waals surface area contributed by atoms with Crippen LogP contribution in [0.25, 0.3) is 0 Å². The molecule has 3 aromatic rings. The lowest BCUT2D eigenvalue weighted by molar-refractivity contribution is 0.107. The van der Waals surface area contributed by atoms with Crippen molar-refractivity contribution in [2.75, 3.05) is 0 Å². The van der Waals surface area contributed by atoms with Crippen LogP contribution in [0.5, 0.6) is 23.0 Å². The maximum absolute atomic E-state index is 11.1. The molecule has 0 N–H and O–H groups in total. The monoisotopic (exact) mass is 386 g/mol. The fourth-order valence-corrected chi connectivity index (χ4v) is 2.43. The molecule has 0 bridgehead atoms. The second kappa shape index (κ2) is 8.04. The van der Waals surface area contributed by atoms with Crippen LogP contribution in [0.1, 0.15) is 20.7 Å². The number of halogens is 2. The van der Waals surface area contributed by atoms with Crippen molar-refractivity contribution < 1.29 is 19.1 Å². The molecule has 0 aliphatic heterocycles. The van der Waals surface area contributed by atoms with E-state index in [2.05, 4.69) is 0 Å². The Morgan fingerprint density at radius 1 is 0.577 bits per heavy atom. The third kappa shape index (κ3) is 4.42. The Morgan fingerprint density at radius 2 is 0.923 bits per heavy atom. The van der Waals surface area contributed by atoms with Crippen molar-refractivity contribution >= 4 is 33.7 Å². The molecule has 0 aromatic heterocycles. The van der Waals surface area contributed by atoms with Crippen LogP contribution in [0, 0.1) is 0 Å². The van der Waals surface area contributed by atoms with Gasteiger partial charge in [-0.2, -0.15) is 0 Å². The Labute approximate surface area is 159 Å². The average molecular weight is 387 g/mol. The molecule has 26 heavy (non-hydrogen) atoms. The van der Waals surface area contributed by atoms with Gasteiger partial charge in [0.25, 0.3) is 10.5 Å². The Morgan fingerprint density at radius 3 is 1.23 bits per heavy atom. The Balaban J connectivity index is 1.79. The van der Waals surface area contributed by atoms with Gasteiger partial charge < -0.3 is 9.47 Å². The smallest absolute Gasteiger partial charge is 0.252 e. The van der Waals surface area contributed by atoms with Crippen LogP contribution in [0.2, 0.25) is 0 Å². The lowest BCUT2D eigenvalue weighted by Crippen LogP contribution is -1.93. The summed E-state index contributed by atoms with van der Waals surface area (Å²) in [4.78, 5) is 22.2. The number of carbonyl (C=O) groups is 2. The van der Waals surface area contributed by atoms with E-state index in [9.17, 15) is 9.59 Å². The standard InChI is InChI=1S/C20H12Cl2O4/c21-19(23)13-5-9-15(10-6-13)25-17-3-1-2-4-18(17)26-16-11-7-14(8-12-16)20(22)24/h1-12H. The summed E-state index contributed by atoms with van der Waals surface area (Å²) in [5.74, 6) is 2.06. The molecule has 0 fully saturated rings. The highest BCUT2D eigenvalue weighted by atomic mass is 35.5. The van der Waals surface area contributed by atoms with Gasteiger partial charge in [0, 0.05) is 11.1 Å². The third-order valence-electron chi connectivity index (χ3n) is 3.47. The van der Waals surface area contributed by atoms with E-state index >= 15 is 0 Å². The second-order valence-corrected chi connectivity index (χ2v) is 5.93. The van der Waals surface area contributed by atoms with Gasteiger partial charge in [0.1, 0.15) is 11.5 Å². The molecule has 130 valence electrons. The van der Waals surface area contributed by atoms with Crippen molar-refractivity contribution in [2.24, 2.45) is 0 Å². The zero-order valence-electron chi connectivity index (χ0n) is 13.3. The van der Waals surface area contributed by atoms with Gasteiger partial charge in [0.2, 0.25) is 0 Å². The summed E-state index contributed by atoms with van der Waals surface area (Å²) in [6, 6.07) is 20.0. The molecule has 0 atom stereocenters. The average Bonchev–Trinajstić information content (AvgIpc) is 2.64. The molecule has 3 aromatic carbocycles. The predicted molar refractivity (Wildman–Crippen MR) is 99.8 cm³/mol. The zero-order valence-corrected chi connectivity index (χ0v) is 14.8. The van der Waals surface area contributed by atoms with Crippen molar-refractivity contribution in [1.82, 2.24) is 0 Å². The SMILES string of the molecule is O=C(Cl)c1ccc(Oc2ccccc2Oc2ccc(C(=O)Cl)cc2)cc1. The largest absolute Gasteiger partial charge is 0.453 e. The number of rotatable bonds is 6. The number of benzene rings is 3. The van der Waals surface area contributed by atoms with Crippen LogP contribution < -0.4 is 9.47 Å². The highest BCUT2D eigenvalue weighted by molar-refractivity contribution is 6.68. The highest BCUT2D eigenvalue weighted by Gasteiger charge is 2.09. The molecular formula is C20H12Cl2O4. The van der Waals surface area contributed by atoms with Gasteiger partial charge in [-0.05, 0) is 83.9 Å². The molecule has 0 unspecified atom stereocenters. The van der Waals surface area contributed by atoms with Crippen LogP contribution in [0.15, 0.2) is 72.8 Å². The summed E-state index contributed by atoms with van der Waals surface area (Å²) in [7, 11) is 0. The summed E-state index contributed by atoms with van der Waals surface area (Å²) < 4.78 is 11.6. The van der Waals surface area contributed by atoms with Gasteiger partial charge in [-0.15, -0.1) is 0 Å². The molecule has 4 nitrogen and oxygen atoms in total. The molecule has 0 saturated carbocycles. The highest BCUT2D eigenvalue weighted by Crippen LogP contribution is 2.34. The number of para-hydroxylation sites is 2. The Bertz CT molecular complexity index is 856. The molecule has 6 heteroatoms. The summed E-state index contributed by atoms with van der Waals surface area (Å²) in [6.07, 6.45) is 0. The predicted octanol–water partition coefficient (Wildman–Crippen LogP) is 6.03. The van der Waals surface area contributed by atoms with Crippen molar-refractivity contribution in [3.8, 4) is 23.0 Å². The van der Waals surface area contributed by atoms with Crippen molar-refractivity contribution in [3.63, 3.8) is 0 Å². The van der Waals surface area contributed by atoms with Gasteiger partial charge >= 0.3 is 0 Å². The van der Waals surface area contributed by atoms with E-state index in [1.54, 1.807) is 60.7 Å². The number of hydrogen-bond acceptors (Lipinski definition) is 4. The van der Waals surface area contributed by atoms with Crippen LogP contribution in [-0.2, 0) is 0 Å². The number of ether oxygens (including phenoxy) is 2. The summed E-state index contributed by atoms with van der Waals surface area (Å²) >= 11 is 10.9. The van der Waals surface area contributed by atoms with E-state index < -0.39 is 10.5 Å². The fraction of sp³-hybridized carbons (Fsp3) is 0. The van der Waals surface area contributed by atoms with Crippen molar-refractivity contribution in [2.45, 2.75) is 0 Å². The first-order valence-electron chi connectivity index (χ1n) is 7.57. The second-order valence-electron chi connectivity index (χ2n) is 5.25. The van der Waals surface area contributed by atoms with E-state index in [4.69, 9.17) is 32.7 Å². The van der Waals surface area contributed by atoms with Gasteiger partial charge in [0.15, 0.2) is 11.5 Å². The maximum Gasteiger partial charge on any atom is 0.252 e. The molecule has 0 aliphatic carbocycles. The minimum absolute atomic E-state index is 0.387. The summed E-state index contributed by atoms with van der Waals surface area (Å²) in [6.45, 7) is 0. The van der Waals surface area contributed by atoms with Gasteiger partial charge in [-0.3, -0.25) is 9.59 Å². The minimum atomic E-state index is -0.529. The lowest BCUT2D eigenvalue weighted by Gasteiger charge is -2.12. The first kappa shape index (κ1) is 18.0. The quantitative estimate of drug-likeness (QED) is 0.485. The molecule has 0 amide bonds. The lowest BCUT2D eigenvalue weighted by atomic mass is 10.2. The van der Waals surface area contributed by atoms with Crippen molar-refractivity contribution in [1.29, 1.82) is 0 Å². The number of carbonyl (C=O) groups excluding carboxylic acids is 2. The molecule has 0 saturated heterocycles. The van der Waals surface area contributed by atoms with Gasteiger partial charge in [0.05, 0.1) is 0 Å². The molecule has 3 rings (SSSR count). The first-order valence-corrected chi connectivity index (χ1v) is 8.33. The third-order valence-corrected chi connectivity index (χ3v) is 3.90. The van der Waals surface area contributed by atoms with Gasteiger partial charge in [-0.1, -0.05) is 12.1 Å². The normalized spacial score (nSPS) is 10.2. The molecule has 0 aliphatic rings. The molecule has 0 heterocycles. The van der Waals surface area contributed by atoms with E-state index in [0.29, 0.717) is 34.1 Å². The van der Waals surface area contributed by atoms with Crippen LogP contribution in [0.3, 0.4) is 0 Å². The summed E-state index contributed by atoms with van der Waals surface area (Å²) in [5, 5.41) is -1.06. The van der Waals surface area contributed by atoms with E-state index in [-0.39, 0.29) is 0 Å². The van der Waals surface area contributed by atoms with E-state index in [1.165, 1.54) is 0 Å². The Hall–Kier alpha value is -2.82. The van der Waals surface area contributed by atoms with Gasteiger partial charge in [-0.25, -0.2) is 0 Å². The van der Waals surface area contributed by atoms with E-state index in [1.807, 2.05) is 12.1 Å². The first-order chi connectivity index (χ1) is 12.5. The van der Waals surface area contributed by atoms with Crippen LogP contribution in [0.4, 0.5) is 0 Å².